The monoisotopic (exact) mass is 226 g/mol. The maximum Gasteiger partial charge on any atom is 0.211 e. The highest BCUT2D eigenvalue weighted by Gasteiger charge is 2.20. The lowest BCUT2D eigenvalue weighted by Gasteiger charge is -2.20. The summed E-state index contributed by atoms with van der Waals surface area (Å²) in [6, 6.07) is 0. The van der Waals surface area contributed by atoms with Gasteiger partial charge in [0.15, 0.2) is 0 Å². The van der Waals surface area contributed by atoms with Gasteiger partial charge in [0.2, 0.25) is 8.87 Å². The van der Waals surface area contributed by atoms with Crippen LogP contribution in [0.25, 0.3) is 0 Å². The van der Waals surface area contributed by atoms with Crippen LogP contribution in [0.15, 0.2) is 0 Å². The first-order chi connectivity index (χ1) is 5.64. The normalized spacial score (nSPS) is 21.1. The highest BCUT2D eigenvalue weighted by Crippen LogP contribution is 2.28. The van der Waals surface area contributed by atoms with E-state index in [2.05, 4.69) is 11.7 Å². The van der Waals surface area contributed by atoms with E-state index in [-0.39, 0.29) is 0 Å². The van der Waals surface area contributed by atoms with E-state index in [1.165, 1.54) is 19.3 Å². The van der Waals surface area contributed by atoms with Crippen molar-refractivity contribution in [3.05, 3.63) is 0 Å². The minimum atomic E-state index is -2.94. The molecule has 12 heavy (non-hydrogen) atoms. The van der Waals surface area contributed by atoms with Crippen molar-refractivity contribution in [3.8, 4) is 0 Å². The van der Waals surface area contributed by atoms with Crippen LogP contribution in [0.2, 0.25) is 0 Å². The molecule has 0 spiro atoms. The molecular formula is C7H14O2S3. The largest absolute Gasteiger partial charge is 0.217 e. The first-order valence-electron chi connectivity index (χ1n) is 4.20. The molecule has 0 aliphatic heterocycles. The molecular weight excluding hydrogens is 212 g/mol. The lowest BCUT2D eigenvalue weighted by Crippen LogP contribution is -2.15. The minimum Gasteiger partial charge on any atom is -0.217 e. The maximum absolute atomic E-state index is 11.2. The van der Waals surface area contributed by atoms with Crippen LogP contribution in [0.4, 0.5) is 0 Å². The van der Waals surface area contributed by atoms with Crippen molar-refractivity contribution < 1.29 is 8.42 Å². The van der Waals surface area contributed by atoms with Gasteiger partial charge in [-0.05, 0) is 18.8 Å². The number of rotatable bonds is 3. The molecule has 0 aromatic heterocycles. The molecule has 0 bridgehead atoms. The molecule has 0 aromatic carbocycles. The summed E-state index contributed by atoms with van der Waals surface area (Å²) in [6.45, 7) is 0. The summed E-state index contributed by atoms with van der Waals surface area (Å²) < 4.78 is 22.3. The van der Waals surface area contributed by atoms with E-state index in [0.717, 1.165) is 12.8 Å². The van der Waals surface area contributed by atoms with Crippen molar-refractivity contribution in [2.24, 2.45) is 5.92 Å². The molecule has 1 fully saturated rings. The van der Waals surface area contributed by atoms with Gasteiger partial charge in [-0.1, -0.05) is 30.9 Å². The summed E-state index contributed by atoms with van der Waals surface area (Å²) in [6.07, 6.45) is 5.81. The summed E-state index contributed by atoms with van der Waals surface area (Å²) in [7, 11) is -2.25. The molecule has 1 aliphatic rings. The summed E-state index contributed by atoms with van der Waals surface area (Å²) in [4.78, 5) is 0. The average molecular weight is 226 g/mol. The highest BCUT2D eigenvalue weighted by atomic mass is 33.5. The van der Waals surface area contributed by atoms with Crippen LogP contribution in [-0.2, 0) is 8.87 Å². The Bertz CT molecular complexity index is 217. The van der Waals surface area contributed by atoms with E-state index in [4.69, 9.17) is 0 Å². The molecule has 72 valence electrons. The van der Waals surface area contributed by atoms with E-state index >= 15 is 0 Å². The second-order valence-corrected chi connectivity index (χ2v) is 8.21. The minimum absolute atomic E-state index is 0.321. The van der Waals surface area contributed by atoms with E-state index in [1.807, 2.05) is 0 Å². The van der Waals surface area contributed by atoms with Crippen molar-refractivity contribution in [2.45, 2.75) is 32.1 Å². The quantitative estimate of drug-likeness (QED) is 0.593. The molecule has 0 amide bonds. The van der Waals surface area contributed by atoms with Crippen molar-refractivity contribution in [3.63, 3.8) is 0 Å². The fourth-order valence-electron chi connectivity index (χ4n) is 1.67. The third-order valence-corrected chi connectivity index (χ3v) is 6.52. The molecule has 1 saturated carbocycles. The zero-order valence-electron chi connectivity index (χ0n) is 6.90. The van der Waals surface area contributed by atoms with Crippen LogP contribution in [0.5, 0.6) is 0 Å². The summed E-state index contributed by atoms with van der Waals surface area (Å²) in [5.41, 5.74) is 0. The van der Waals surface area contributed by atoms with Gasteiger partial charge in [-0.15, -0.1) is 0 Å². The molecule has 0 heterocycles. The predicted molar refractivity (Wildman–Crippen MR) is 56.9 cm³/mol. The molecule has 0 unspecified atom stereocenters. The fourth-order valence-corrected chi connectivity index (χ4v) is 3.95. The number of hydrogen-bond donors (Lipinski definition) is 1. The molecule has 5 heteroatoms. The van der Waals surface area contributed by atoms with Crippen molar-refractivity contribution in [1.82, 2.24) is 0 Å². The summed E-state index contributed by atoms with van der Waals surface area (Å²) >= 11 is 3.73. The molecule has 0 N–H and O–H groups in total. The van der Waals surface area contributed by atoms with Gasteiger partial charge in [0.05, 0.1) is 5.75 Å². The lowest BCUT2D eigenvalue weighted by atomic mass is 9.91. The van der Waals surface area contributed by atoms with E-state index < -0.39 is 8.87 Å². The van der Waals surface area contributed by atoms with E-state index in [0.29, 0.717) is 21.5 Å². The van der Waals surface area contributed by atoms with Gasteiger partial charge in [0.1, 0.15) is 0 Å². The zero-order chi connectivity index (χ0) is 9.03. The van der Waals surface area contributed by atoms with Crippen LogP contribution in [0.1, 0.15) is 32.1 Å². The van der Waals surface area contributed by atoms with Crippen molar-refractivity contribution in [2.75, 3.05) is 5.75 Å². The van der Waals surface area contributed by atoms with Gasteiger partial charge in [-0.3, -0.25) is 0 Å². The SMILES string of the molecule is O=S(=O)(CC1CCCCC1)SS. The first kappa shape index (κ1) is 10.7. The van der Waals surface area contributed by atoms with Crippen LogP contribution >= 0.6 is 21.5 Å². The van der Waals surface area contributed by atoms with Gasteiger partial charge in [0, 0.05) is 9.83 Å². The Morgan fingerprint density at radius 3 is 2.33 bits per heavy atom. The van der Waals surface area contributed by atoms with Crippen molar-refractivity contribution in [1.29, 1.82) is 0 Å². The highest BCUT2D eigenvalue weighted by molar-refractivity contribution is 9.02. The van der Waals surface area contributed by atoms with Crippen LogP contribution in [0, 0.1) is 5.92 Å². The lowest BCUT2D eigenvalue weighted by molar-refractivity contribution is 0.386. The van der Waals surface area contributed by atoms with Gasteiger partial charge in [-0.25, -0.2) is 8.42 Å². The number of thiol groups is 1. The van der Waals surface area contributed by atoms with Crippen molar-refractivity contribution >= 4 is 30.4 Å². The molecule has 0 atom stereocenters. The Kier molecular flexibility index (Phi) is 4.26. The van der Waals surface area contributed by atoms with Crippen LogP contribution in [0.3, 0.4) is 0 Å². The van der Waals surface area contributed by atoms with Crippen LogP contribution in [-0.4, -0.2) is 14.2 Å². The Morgan fingerprint density at radius 2 is 1.83 bits per heavy atom. The predicted octanol–water partition coefficient (Wildman–Crippen LogP) is 2.47. The topological polar surface area (TPSA) is 34.1 Å². The van der Waals surface area contributed by atoms with Gasteiger partial charge >= 0.3 is 0 Å². The molecule has 0 radical (unpaired) electrons. The summed E-state index contributed by atoms with van der Waals surface area (Å²) in [5, 5.41) is 0. The summed E-state index contributed by atoms with van der Waals surface area (Å²) in [5.74, 6) is 0.713. The maximum atomic E-state index is 11.2. The van der Waals surface area contributed by atoms with Gasteiger partial charge in [-0.2, -0.15) is 0 Å². The standard InChI is InChI=1S/C7H14O2S3/c8-12(9,11-10)6-7-4-2-1-3-5-7/h7,10H,1-6H2. The van der Waals surface area contributed by atoms with Crippen LogP contribution < -0.4 is 0 Å². The molecule has 2 nitrogen and oxygen atoms in total. The fraction of sp³-hybridized carbons (Fsp3) is 1.00. The smallest absolute Gasteiger partial charge is 0.211 e. The molecule has 0 aromatic rings. The average Bonchev–Trinajstić information content (AvgIpc) is 2.06. The third kappa shape index (κ3) is 3.58. The molecule has 1 aliphatic carbocycles. The molecule has 0 saturated heterocycles. The van der Waals surface area contributed by atoms with E-state index in [1.54, 1.807) is 0 Å². The second kappa shape index (κ2) is 4.77. The number of hydrogen-bond acceptors (Lipinski definition) is 4. The molecule has 1 rings (SSSR count). The second-order valence-electron chi connectivity index (χ2n) is 3.30. The Balaban J connectivity index is 2.39. The van der Waals surface area contributed by atoms with E-state index in [9.17, 15) is 8.42 Å². The Hall–Kier alpha value is 0.650. The first-order valence-corrected chi connectivity index (χ1v) is 8.23. The Morgan fingerprint density at radius 1 is 1.25 bits per heavy atom. The van der Waals surface area contributed by atoms with Gasteiger partial charge < -0.3 is 0 Å². The third-order valence-electron chi connectivity index (χ3n) is 2.28. The zero-order valence-corrected chi connectivity index (χ0v) is 9.43. The van der Waals surface area contributed by atoms with Gasteiger partial charge in [0.25, 0.3) is 0 Å². The Labute approximate surface area is 82.6 Å².